The minimum absolute atomic E-state index is 0.0660. The maximum Gasteiger partial charge on any atom is 0.300 e. The van der Waals surface area contributed by atoms with Crippen molar-refractivity contribution < 1.29 is 29.3 Å². The molecule has 1 fully saturated rings. The fraction of sp³-hybridized carbons (Fsp3) is 0.241. The molecule has 0 saturated carbocycles. The molecule has 36 heavy (non-hydrogen) atoms. The van der Waals surface area contributed by atoms with Crippen LogP contribution in [0.3, 0.4) is 0 Å². The summed E-state index contributed by atoms with van der Waals surface area (Å²) >= 11 is 0. The van der Waals surface area contributed by atoms with E-state index in [1.54, 1.807) is 67.8 Å². The summed E-state index contributed by atoms with van der Waals surface area (Å²) in [6.45, 7) is 6.51. The number of methoxy groups -OCH3 is 1. The predicted molar refractivity (Wildman–Crippen MR) is 137 cm³/mol. The van der Waals surface area contributed by atoms with Crippen LogP contribution in [0, 0.1) is 12.8 Å². The van der Waals surface area contributed by atoms with E-state index in [0.29, 0.717) is 35.2 Å². The van der Waals surface area contributed by atoms with Gasteiger partial charge in [0, 0.05) is 5.56 Å². The Morgan fingerprint density at radius 2 is 1.72 bits per heavy atom. The lowest BCUT2D eigenvalue weighted by Gasteiger charge is -2.26. The van der Waals surface area contributed by atoms with Gasteiger partial charge in [0.2, 0.25) is 0 Å². The Kier molecular flexibility index (Phi) is 7.01. The molecule has 0 radical (unpaired) electrons. The highest BCUT2D eigenvalue weighted by Crippen LogP contribution is 2.45. The SMILES string of the molecule is COc1ccc(C2/C(=C(/O)c3ccc(OCC(C)C)c(C)c3)C(=O)C(=O)N2c2ccccc2O)cc1. The molecule has 0 bridgehead atoms. The van der Waals surface area contributed by atoms with E-state index in [0.717, 1.165) is 5.56 Å². The molecule has 1 unspecified atom stereocenters. The highest BCUT2D eigenvalue weighted by atomic mass is 16.5. The number of ether oxygens (including phenoxy) is 2. The van der Waals surface area contributed by atoms with Crippen LogP contribution in [-0.2, 0) is 9.59 Å². The zero-order chi connectivity index (χ0) is 26.0. The van der Waals surface area contributed by atoms with Crippen LogP contribution < -0.4 is 14.4 Å². The first-order chi connectivity index (χ1) is 17.2. The maximum atomic E-state index is 13.3. The Morgan fingerprint density at radius 3 is 2.33 bits per heavy atom. The average Bonchev–Trinajstić information content (AvgIpc) is 3.13. The highest BCUT2D eigenvalue weighted by molar-refractivity contribution is 6.51. The van der Waals surface area contributed by atoms with Crippen molar-refractivity contribution in [2.75, 3.05) is 18.6 Å². The summed E-state index contributed by atoms with van der Waals surface area (Å²) in [6, 6.07) is 17.4. The van der Waals surface area contributed by atoms with E-state index in [2.05, 4.69) is 13.8 Å². The number of aromatic hydroxyl groups is 1. The van der Waals surface area contributed by atoms with E-state index in [4.69, 9.17) is 9.47 Å². The molecule has 0 spiro atoms. The number of nitrogens with zero attached hydrogens (tertiary/aromatic N) is 1. The van der Waals surface area contributed by atoms with E-state index >= 15 is 0 Å². The van der Waals surface area contributed by atoms with Crippen molar-refractivity contribution in [3.05, 3.63) is 89.0 Å². The quantitative estimate of drug-likeness (QED) is 0.264. The number of phenolic OH excluding ortho intramolecular Hbond substituents is 1. The van der Waals surface area contributed by atoms with Gasteiger partial charge in [0.15, 0.2) is 0 Å². The number of aliphatic hydroxyl groups is 1. The molecule has 1 atom stereocenters. The van der Waals surface area contributed by atoms with Crippen LogP contribution in [0.5, 0.6) is 17.2 Å². The van der Waals surface area contributed by atoms with Gasteiger partial charge >= 0.3 is 0 Å². The number of aliphatic hydroxyl groups excluding tert-OH is 1. The zero-order valence-corrected chi connectivity index (χ0v) is 20.7. The number of carbonyl (C=O) groups is 2. The van der Waals surface area contributed by atoms with E-state index < -0.39 is 17.7 Å². The van der Waals surface area contributed by atoms with Crippen molar-refractivity contribution in [1.82, 2.24) is 0 Å². The van der Waals surface area contributed by atoms with Crippen LogP contribution in [0.15, 0.2) is 72.3 Å². The Labute approximate surface area is 210 Å². The Morgan fingerprint density at radius 1 is 1.03 bits per heavy atom. The van der Waals surface area contributed by atoms with Crippen molar-refractivity contribution in [3.8, 4) is 17.2 Å². The van der Waals surface area contributed by atoms with Crippen LogP contribution in [0.4, 0.5) is 5.69 Å². The summed E-state index contributed by atoms with van der Waals surface area (Å²) in [4.78, 5) is 27.8. The van der Waals surface area contributed by atoms with Gasteiger partial charge in [0.25, 0.3) is 11.7 Å². The molecule has 3 aromatic rings. The Balaban J connectivity index is 1.86. The van der Waals surface area contributed by atoms with Gasteiger partial charge in [0.1, 0.15) is 23.0 Å². The molecule has 186 valence electrons. The molecular weight excluding hydrogens is 458 g/mol. The van der Waals surface area contributed by atoms with Crippen LogP contribution in [0.1, 0.15) is 36.6 Å². The fourth-order valence-corrected chi connectivity index (χ4v) is 4.22. The summed E-state index contributed by atoms with van der Waals surface area (Å²) in [5, 5.41) is 21.9. The molecular formula is C29H29NO6. The van der Waals surface area contributed by atoms with Crippen LogP contribution >= 0.6 is 0 Å². The van der Waals surface area contributed by atoms with E-state index in [1.165, 1.54) is 11.0 Å². The number of amides is 1. The van der Waals surface area contributed by atoms with Crippen molar-refractivity contribution in [3.63, 3.8) is 0 Å². The third kappa shape index (κ3) is 4.64. The summed E-state index contributed by atoms with van der Waals surface area (Å²) in [5.41, 5.74) is 1.86. The molecule has 1 amide bonds. The number of benzene rings is 3. The smallest absolute Gasteiger partial charge is 0.300 e. The standard InChI is InChI=1S/C29H29NO6/c1-17(2)16-36-24-14-11-20(15-18(24)3)27(32)25-26(19-9-12-21(35-4)13-10-19)30(29(34)28(25)33)22-7-5-6-8-23(22)31/h5-15,17,26,31-32H,16H2,1-4H3/b27-25-. The molecule has 3 aromatic carbocycles. The topological polar surface area (TPSA) is 96.3 Å². The Hall–Kier alpha value is -4.26. The molecule has 1 aliphatic heterocycles. The van der Waals surface area contributed by atoms with Crippen LogP contribution in [0.25, 0.3) is 5.76 Å². The van der Waals surface area contributed by atoms with Gasteiger partial charge in [-0.05, 0) is 66.4 Å². The largest absolute Gasteiger partial charge is 0.507 e. The van der Waals surface area contributed by atoms with Crippen molar-refractivity contribution in [2.24, 2.45) is 5.92 Å². The summed E-state index contributed by atoms with van der Waals surface area (Å²) in [7, 11) is 1.54. The van der Waals surface area contributed by atoms with Crippen LogP contribution in [-0.4, -0.2) is 35.6 Å². The number of para-hydroxylation sites is 2. The van der Waals surface area contributed by atoms with E-state index in [-0.39, 0.29) is 22.8 Å². The van der Waals surface area contributed by atoms with Gasteiger partial charge in [-0.3, -0.25) is 14.5 Å². The van der Waals surface area contributed by atoms with Gasteiger partial charge < -0.3 is 19.7 Å². The van der Waals surface area contributed by atoms with Gasteiger partial charge in [-0.2, -0.15) is 0 Å². The number of Topliss-reactive ketones (excluding diaryl/α,β-unsaturated/α-hetero) is 1. The van der Waals surface area contributed by atoms with Gasteiger partial charge in [0.05, 0.1) is 31.0 Å². The number of aryl methyl sites for hydroxylation is 1. The molecule has 7 heteroatoms. The lowest BCUT2D eigenvalue weighted by atomic mass is 9.94. The van der Waals surface area contributed by atoms with Crippen LogP contribution in [0.2, 0.25) is 0 Å². The number of rotatable bonds is 7. The lowest BCUT2D eigenvalue weighted by Crippen LogP contribution is -2.29. The number of anilines is 1. The van der Waals surface area contributed by atoms with Crippen molar-refractivity contribution in [1.29, 1.82) is 0 Å². The third-order valence-electron chi connectivity index (χ3n) is 6.04. The van der Waals surface area contributed by atoms with E-state index in [9.17, 15) is 19.8 Å². The summed E-state index contributed by atoms with van der Waals surface area (Å²) < 4.78 is 11.1. The second-order valence-corrected chi connectivity index (χ2v) is 9.12. The molecule has 0 aromatic heterocycles. The Bertz CT molecular complexity index is 1330. The minimum Gasteiger partial charge on any atom is -0.507 e. The predicted octanol–water partition coefficient (Wildman–Crippen LogP) is 5.37. The second kappa shape index (κ2) is 10.2. The monoisotopic (exact) mass is 487 g/mol. The van der Waals surface area contributed by atoms with Gasteiger partial charge in [-0.1, -0.05) is 38.1 Å². The minimum atomic E-state index is -0.957. The summed E-state index contributed by atoms with van der Waals surface area (Å²) in [5.74, 6) is -0.493. The third-order valence-corrected chi connectivity index (χ3v) is 6.04. The number of hydrogen-bond acceptors (Lipinski definition) is 6. The fourth-order valence-electron chi connectivity index (χ4n) is 4.22. The zero-order valence-electron chi connectivity index (χ0n) is 20.7. The molecule has 1 aliphatic rings. The first kappa shape index (κ1) is 24.9. The number of ketones is 1. The first-order valence-electron chi connectivity index (χ1n) is 11.7. The molecule has 2 N–H and O–H groups in total. The summed E-state index contributed by atoms with van der Waals surface area (Å²) in [6.07, 6.45) is 0. The maximum absolute atomic E-state index is 13.3. The molecule has 0 aliphatic carbocycles. The number of phenols is 1. The van der Waals surface area contributed by atoms with Crippen molar-refractivity contribution >= 4 is 23.1 Å². The van der Waals surface area contributed by atoms with E-state index in [1.807, 2.05) is 6.92 Å². The normalized spacial score (nSPS) is 17.0. The van der Waals surface area contributed by atoms with Gasteiger partial charge in [-0.15, -0.1) is 0 Å². The van der Waals surface area contributed by atoms with Gasteiger partial charge in [-0.25, -0.2) is 0 Å². The van der Waals surface area contributed by atoms with Crippen molar-refractivity contribution in [2.45, 2.75) is 26.8 Å². The second-order valence-electron chi connectivity index (χ2n) is 9.12. The first-order valence-corrected chi connectivity index (χ1v) is 11.7. The molecule has 7 nitrogen and oxygen atoms in total. The molecule has 4 rings (SSSR count). The number of hydrogen-bond donors (Lipinski definition) is 2. The molecule has 1 heterocycles. The lowest BCUT2D eigenvalue weighted by molar-refractivity contribution is -0.132. The average molecular weight is 488 g/mol. The molecule has 1 saturated heterocycles. The highest BCUT2D eigenvalue weighted by Gasteiger charge is 2.47. The number of carbonyl (C=O) groups excluding carboxylic acids is 2.